The zero-order valence-corrected chi connectivity index (χ0v) is 20.0. The van der Waals surface area contributed by atoms with E-state index in [1.165, 1.54) is 18.3 Å². The highest BCUT2D eigenvalue weighted by Crippen LogP contribution is 2.31. The molecule has 0 bridgehead atoms. The third-order valence-electron chi connectivity index (χ3n) is 4.59. The van der Waals surface area contributed by atoms with Crippen molar-refractivity contribution in [3.8, 4) is 6.19 Å². The van der Waals surface area contributed by atoms with E-state index >= 15 is 0 Å². The van der Waals surface area contributed by atoms with Crippen LogP contribution in [0.2, 0.25) is 0 Å². The second-order valence-electron chi connectivity index (χ2n) is 8.32. The molecule has 2 rings (SSSR count). The van der Waals surface area contributed by atoms with Crippen LogP contribution in [0.4, 0.5) is 4.39 Å². The number of hydrogen-bond acceptors (Lipinski definition) is 6. The Morgan fingerprint density at radius 2 is 1.87 bits per heavy atom. The predicted octanol–water partition coefficient (Wildman–Crippen LogP) is 4.34. The Labute approximate surface area is 186 Å². The van der Waals surface area contributed by atoms with E-state index in [0.717, 1.165) is 11.3 Å². The Balaban J connectivity index is 2.54. The topological polar surface area (TPSA) is 115 Å². The maximum absolute atomic E-state index is 14.1. The molecular weight excluding hydrogens is 439 g/mol. The summed E-state index contributed by atoms with van der Waals surface area (Å²) in [6, 6.07) is 2.81. The molecule has 2 N–H and O–H groups in total. The van der Waals surface area contributed by atoms with E-state index in [1.54, 1.807) is 20.0 Å². The normalized spacial score (nSPS) is 13.7. The molecule has 1 amide bonds. The standard InChI is InChI=1S/C21H27FN4O3S2/c1-12(2)15-7-14(22)8-16(13(3)4)17(15)9-19(27)26-31(29,25-11-23)20-24-10-18(30-20)21(5,6)28/h7-8,10,12-13,28H,9H2,1-6H3,(H,25,26,27,29). The van der Waals surface area contributed by atoms with Crippen LogP contribution in [0.25, 0.3) is 0 Å². The van der Waals surface area contributed by atoms with Crippen molar-refractivity contribution in [3.05, 3.63) is 45.7 Å². The Hall–Kier alpha value is -2.35. The fraction of sp³-hybridized carbons (Fsp3) is 0.476. The van der Waals surface area contributed by atoms with Gasteiger partial charge in [0.1, 0.15) is 5.82 Å². The number of hydrogen-bond donors (Lipinski definition) is 2. The molecule has 0 aliphatic heterocycles. The van der Waals surface area contributed by atoms with Crippen molar-refractivity contribution in [1.29, 1.82) is 5.26 Å². The number of nitriles is 1. The average molecular weight is 467 g/mol. The van der Waals surface area contributed by atoms with Gasteiger partial charge in [-0.05, 0) is 54.5 Å². The molecular formula is C21H27FN4O3S2. The summed E-state index contributed by atoms with van der Waals surface area (Å²) in [6.07, 6.45) is 2.73. The van der Waals surface area contributed by atoms with Crippen LogP contribution in [0.5, 0.6) is 0 Å². The van der Waals surface area contributed by atoms with Gasteiger partial charge in [0.15, 0.2) is 6.19 Å². The number of aromatic nitrogens is 1. The van der Waals surface area contributed by atoms with Crippen molar-refractivity contribution in [1.82, 2.24) is 9.71 Å². The minimum absolute atomic E-state index is 0.0362. The maximum atomic E-state index is 14.1. The van der Waals surface area contributed by atoms with Crippen LogP contribution in [0.1, 0.15) is 74.9 Å². The van der Waals surface area contributed by atoms with E-state index in [4.69, 9.17) is 5.26 Å². The number of nitrogens with one attached hydrogen (secondary N) is 1. The first-order chi connectivity index (χ1) is 14.3. The smallest absolute Gasteiger partial charge is 0.259 e. The largest absolute Gasteiger partial charge is 0.385 e. The van der Waals surface area contributed by atoms with Crippen LogP contribution in [-0.2, 0) is 26.7 Å². The van der Waals surface area contributed by atoms with Gasteiger partial charge in [0.05, 0.1) is 16.9 Å². The lowest BCUT2D eigenvalue weighted by atomic mass is 9.87. The van der Waals surface area contributed by atoms with E-state index in [9.17, 15) is 18.5 Å². The van der Waals surface area contributed by atoms with Gasteiger partial charge in [0, 0.05) is 6.20 Å². The van der Waals surface area contributed by atoms with Gasteiger partial charge >= 0.3 is 0 Å². The monoisotopic (exact) mass is 466 g/mol. The molecule has 1 aromatic heterocycles. The number of carbonyl (C=O) groups excluding carboxylic acids is 1. The molecule has 0 radical (unpaired) electrons. The summed E-state index contributed by atoms with van der Waals surface area (Å²) in [7, 11) is -3.66. The number of carbonyl (C=O) groups is 1. The van der Waals surface area contributed by atoms with Crippen molar-refractivity contribution in [2.45, 2.75) is 69.7 Å². The summed E-state index contributed by atoms with van der Waals surface area (Å²) < 4.78 is 33.3. The number of thiazole rings is 1. The van der Waals surface area contributed by atoms with E-state index in [1.807, 2.05) is 27.7 Å². The van der Waals surface area contributed by atoms with Crippen LogP contribution in [0.3, 0.4) is 0 Å². The SMILES string of the molecule is CC(C)c1cc(F)cc(C(C)C)c1CC(=O)N=S(=O)(NC#N)c1ncc(C(C)(C)O)s1. The Bertz CT molecular complexity index is 1110. The van der Waals surface area contributed by atoms with Crippen LogP contribution in [0.15, 0.2) is 27.0 Å². The molecule has 0 aliphatic carbocycles. The number of benzene rings is 1. The van der Waals surface area contributed by atoms with Crippen LogP contribution >= 0.6 is 11.3 Å². The van der Waals surface area contributed by atoms with E-state index in [2.05, 4.69) is 14.1 Å². The van der Waals surface area contributed by atoms with Crippen LogP contribution in [0, 0.1) is 17.3 Å². The molecule has 1 unspecified atom stereocenters. The quantitative estimate of drug-likeness (QED) is 0.465. The van der Waals surface area contributed by atoms with Crippen molar-refractivity contribution in [2.75, 3.05) is 0 Å². The van der Waals surface area contributed by atoms with E-state index < -0.39 is 21.4 Å². The first kappa shape index (κ1) is 24.9. The highest BCUT2D eigenvalue weighted by atomic mass is 32.2. The van der Waals surface area contributed by atoms with Gasteiger partial charge in [-0.1, -0.05) is 27.7 Å². The molecule has 0 saturated heterocycles. The highest BCUT2D eigenvalue weighted by Gasteiger charge is 2.26. The molecule has 2 aromatic rings. The molecule has 168 valence electrons. The first-order valence-corrected chi connectivity index (χ1v) is 12.1. The number of amides is 1. The summed E-state index contributed by atoms with van der Waals surface area (Å²) in [4.78, 5) is 17.3. The van der Waals surface area contributed by atoms with Crippen molar-refractivity contribution >= 4 is 27.2 Å². The summed E-state index contributed by atoms with van der Waals surface area (Å²) >= 11 is 0.907. The Morgan fingerprint density at radius 1 is 1.32 bits per heavy atom. The van der Waals surface area contributed by atoms with Gasteiger partial charge < -0.3 is 5.11 Å². The fourth-order valence-electron chi connectivity index (χ4n) is 3.08. The lowest BCUT2D eigenvalue weighted by molar-refractivity contribution is -0.117. The molecule has 1 heterocycles. The summed E-state index contributed by atoms with van der Waals surface area (Å²) in [5.41, 5.74) is 0.797. The molecule has 0 spiro atoms. The van der Waals surface area contributed by atoms with Crippen molar-refractivity contribution in [2.24, 2.45) is 4.36 Å². The van der Waals surface area contributed by atoms with Crippen molar-refractivity contribution < 1.29 is 18.5 Å². The van der Waals surface area contributed by atoms with Crippen LogP contribution < -0.4 is 4.72 Å². The predicted molar refractivity (Wildman–Crippen MR) is 118 cm³/mol. The Morgan fingerprint density at radius 3 is 2.29 bits per heavy atom. The number of nitrogens with zero attached hydrogens (tertiary/aromatic N) is 3. The minimum atomic E-state index is -3.66. The maximum Gasteiger partial charge on any atom is 0.259 e. The molecule has 0 aliphatic rings. The molecule has 7 nitrogen and oxygen atoms in total. The van der Waals surface area contributed by atoms with Gasteiger partial charge in [-0.15, -0.1) is 15.7 Å². The summed E-state index contributed by atoms with van der Waals surface area (Å²) in [5.74, 6) is -1.17. The second kappa shape index (κ2) is 9.42. The van der Waals surface area contributed by atoms with Crippen molar-refractivity contribution in [3.63, 3.8) is 0 Å². The number of aliphatic hydroxyl groups is 1. The number of halogens is 1. The average Bonchev–Trinajstić information content (AvgIpc) is 3.14. The van der Waals surface area contributed by atoms with E-state index in [-0.39, 0.29) is 28.4 Å². The molecule has 0 saturated carbocycles. The minimum Gasteiger partial charge on any atom is -0.385 e. The fourth-order valence-corrected chi connectivity index (χ4v) is 5.57. The van der Waals surface area contributed by atoms with Gasteiger partial charge in [0.25, 0.3) is 5.91 Å². The number of rotatable bonds is 7. The van der Waals surface area contributed by atoms with Gasteiger partial charge in [-0.2, -0.15) is 5.26 Å². The lowest BCUT2D eigenvalue weighted by Gasteiger charge is -2.19. The third-order valence-corrected chi connectivity index (χ3v) is 8.03. The lowest BCUT2D eigenvalue weighted by Crippen LogP contribution is -2.21. The molecule has 1 atom stereocenters. The van der Waals surface area contributed by atoms with Crippen LogP contribution in [-0.4, -0.2) is 20.2 Å². The van der Waals surface area contributed by atoms with Gasteiger partial charge in [-0.25, -0.2) is 18.3 Å². The van der Waals surface area contributed by atoms with E-state index in [0.29, 0.717) is 21.6 Å². The zero-order valence-electron chi connectivity index (χ0n) is 18.4. The highest BCUT2D eigenvalue weighted by molar-refractivity contribution is 7.94. The first-order valence-electron chi connectivity index (χ1n) is 9.75. The summed E-state index contributed by atoms with van der Waals surface area (Å²) in [6.45, 7) is 10.7. The Kier molecular flexibility index (Phi) is 7.57. The zero-order chi connectivity index (χ0) is 23.6. The molecule has 10 heteroatoms. The van der Waals surface area contributed by atoms with Gasteiger partial charge in [0.2, 0.25) is 14.3 Å². The third kappa shape index (κ3) is 5.87. The molecule has 31 heavy (non-hydrogen) atoms. The summed E-state index contributed by atoms with van der Waals surface area (Å²) in [5, 5.41) is 19.2. The van der Waals surface area contributed by atoms with Gasteiger partial charge in [-0.3, -0.25) is 4.79 Å². The molecule has 1 aromatic carbocycles. The second-order valence-corrected chi connectivity index (χ2v) is 11.4. The molecule has 0 fully saturated rings.